The van der Waals surface area contributed by atoms with Gasteiger partial charge in [0.1, 0.15) is 17.4 Å². The van der Waals surface area contributed by atoms with Crippen LogP contribution < -0.4 is 4.90 Å². The van der Waals surface area contributed by atoms with Crippen LogP contribution in [0.25, 0.3) is 0 Å². The van der Waals surface area contributed by atoms with E-state index < -0.39 is 17.7 Å². The summed E-state index contributed by atoms with van der Waals surface area (Å²) in [5.41, 5.74) is 2.57. The van der Waals surface area contributed by atoms with E-state index in [4.69, 9.17) is 4.74 Å². The highest BCUT2D eigenvalue weighted by atomic mass is 16.6. The number of ether oxygens (including phenoxy) is 1. The van der Waals surface area contributed by atoms with E-state index in [-0.39, 0.29) is 11.7 Å². The van der Waals surface area contributed by atoms with Crippen LogP contribution in [0.15, 0.2) is 48.5 Å². The van der Waals surface area contributed by atoms with E-state index >= 15 is 0 Å². The van der Waals surface area contributed by atoms with Gasteiger partial charge in [0.15, 0.2) is 0 Å². The molecule has 1 aliphatic heterocycles. The van der Waals surface area contributed by atoms with Crippen LogP contribution in [-0.4, -0.2) is 71.8 Å². The van der Waals surface area contributed by atoms with Gasteiger partial charge in [-0.3, -0.25) is 9.69 Å². The van der Waals surface area contributed by atoms with Gasteiger partial charge in [-0.15, -0.1) is 0 Å². The monoisotopic (exact) mass is 453 g/mol. The van der Waals surface area contributed by atoms with Crippen LogP contribution in [0.2, 0.25) is 0 Å². The molecule has 1 saturated heterocycles. The summed E-state index contributed by atoms with van der Waals surface area (Å²) in [6.45, 7) is 10.1. The average Bonchev–Trinajstić information content (AvgIpc) is 2.77. The van der Waals surface area contributed by atoms with Crippen molar-refractivity contribution in [1.82, 2.24) is 9.80 Å². The van der Waals surface area contributed by atoms with Gasteiger partial charge in [0.05, 0.1) is 0 Å². The fourth-order valence-electron chi connectivity index (χ4n) is 3.86. The van der Waals surface area contributed by atoms with Crippen molar-refractivity contribution in [3.63, 3.8) is 0 Å². The minimum Gasteiger partial charge on any atom is -0.508 e. The SMILES string of the molecule is Cc1ccc(N2CCN(C(=O)C(Cc3ccc(O)cc3)N(C)C(=O)OC(C)(C)C)CC2)cc1. The zero-order valence-corrected chi connectivity index (χ0v) is 20.2. The molecule has 0 aliphatic carbocycles. The zero-order chi connectivity index (χ0) is 24.2. The van der Waals surface area contributed by atoms with Crippen LogP contribution in [0.5, 0.6) is 5.75 Å². The molecule has 1 atom stereocenters. The van der Waals surface area contributed by atoms with Crippen molar-refractivity contribution >= 4 is 17.7 Å². The molecule has 0 bridgehead atoms. The molecule has 1 heterocycles. The number of amides is 2. The maximum absolute atomic E-state index is 13.6. The molecule has 0 aromatic heterocycles. The Kier molecular flexibility index (Phi) is 7.51. The van der Waals surface area contributed by atoms with Crippen LogP contribution in [0.3, 0.4) is 0 Å². The summed E-state index contributed by atoms with van der Waals surface area (Å²) in [5, 5.41) is 9.60. The highest BCUT2D eigenvalue weighted by Gasteiger charge is 2.34. The van der Waals surface area contributed by atoms with Crippen LogP contribution >= 0.6 is 0 Å². The van der Waals surface area contributed by atoms with E-state index in [1.165, 1.54) is 10.5 Å². The number of carbonyl (C=O) groups is 2. The van der Waals surface area contributed by atoms with Crippen molar-refractivity contribution in [2.45, 2.75) is 45.8 Å². The molecule has 33 heavy (non-hydrogen) atoms. The number of hydrogen-bond donors (Lipinski definition) is 1. The number of nitrogens with zero attached hydrogens (tertiary/aromatic N) is 3. The van der Waals surface area contributed by atoms with E-state index in [1.54, 1.807) is 52.1 Å². The maximum atomic E-state index is 13.6. The Labute approximate surface area is 196 Å². The number of aromatic hydroxyl groups is 1. The van der Waals surface area contributed by atoms with E-state index in [0.29, 0.717) is 19.5 Å². The molecule has 2 amide bonds. The predicted molar refractivity (Wildman–Crippen MR) is 130 cm³/mol. The molecule has 0 spiro atoms. The second-order valence-corrected chi connectivity index (χ2v) is 9.63. The Morgan fingerprint density at radius 2 is 1.58 bits per heavy atom. The topological polar surface area (TPSA) is 73.3 Å². The second-order valence-electron chi connectivity index (χ2n) is 9.63. The average molecular weight is 454 g/mol. The predicted octanol–water partition coefficient (Wildman–Crippen LogP) is 3.83. The lowest BCUT2D eigenvalue weighted by atomic mass is 10.0. The maximum Gasteiger partial charge on any atom is 0.410 e. The molecule has 7 heteroatoms. The Hall–Kier alpha value is -3.22. The van der Waals surface area contributed by atoms with Crippen LogP contribution in [0, 0.1) is 6.92 Å². The number of hydrogen-bond acceptors (Lipinski definition) is 5. The van der Waals surface area contributed by atoms with Crippen molar-refractivity contribution in [1.29, 1.82) is 0 Å². The van der Waals surface area contributed by atoms with Crippen molar-refractivity contribution in [2.75, 3.05) is 38.1 Å². The molecule has 178 valence electrons. The van der Waals surface area contributed by atoms with Gasteiger partial charge in [-0.2, -0.15) is 0 Å². The van der Waals surface area contributed by atoms with Crippen LogP contribution in [0.1, 0.15) is 31.9 Å². The molecule has 3 rings (SSSR count). The number of phenolic OH excluding ortho intramolecular Hbond substituents is 1. The van der Waals surface area contributed by atoms with Crippen LogP contribution in [-0.2, 0) is 16.0 Å². The van der Waals surface area contributed by atoms with E-state index in [1.807, 2.05) is 4.90 Å². The van der Waals surface area contributed by atoms with Gasteiger partial charge in [0.2, 0.25) is 5.91 Å². The number of phenols is 1. The minimum absolute atomic E-state index is 0.0972. The summed E-state index contributed by atoms with van der Waals surface area (Å²) < 4.78 is 5.53. The fraction of sp³-hybridized carbons (Fsp3) is 0.462. The Bertz CT molecular complexity index is 943. The summed E-state index contributed by atoms with van der Waals surface area (Å²) in [4.78, 5) is 31.9. The molecule has 0 radical (unpaired) electrons. The third-order valence-corrected chi connectivity index (χ3v) is 5.79. The molecule has 1 N–H and O–H groups in total. The molecule has 1 aliphatic rings. The number of rotatable bonds is 5. The van der Waals surface area contributed by atoms with Gasteiger partial charge in [-0.25, -0.2) is 4.79 Å². The first-order valence-electron chi connectivity index (χ1n) is 11.4. The highest BCUT2D eigenvalue weighted by Crippen LogP contribution is 2.20. The van der Waals surface area contributed by atoms with E-state index in [0.717, 1.165) is 24.3 Å². The van der Waals surface area contributed by atoms with Gasteiger partial charge < -0.3 is 19.6 Å². The molecule has 2 aromatic carbocycles. The summed E-state index contributed by atoms with van der Waals surface area (Å²) in [6.07, 6.45) is -0.189. The number of anilines is 1. The lowest BCUT2D eigenvalue weighted by Gasteiger charge is -2.39. The number of likely N-dealkylation sites (N-methyl/N-ethyl adjacent to an activating group) is 1. The first-order valence-corrected chi connectivity index (χ1v) is 11.4. The molecule has 0 saturated carbocycles. The molecular weight excluding hydrogens is 418 g/mol. The van der Waals surface area contributed by atoms with Crippen molar-refractivity contribution < 1.29 is 19.4 Å². The lowest BCUT2D eigenvalue weighted by Crippen LogP contribution is -2.56. The third-order valence-electron chi connectivity index (χ3n) is 5.79. The number of aryl methyl sites for hydroxylation is 1. The Morgan fingerprint density at radius 1 is 1.00 bits per heavy atom. The number of benzene rings is 2. The highest BCUT2D eigenvalue weighted by molar-refractivity contribution is 5.86. The molecule has 2 aromatic rings. The van der Waals surface area contributed by atoms with E-state index in [9.17, 15) is 14.7 Å². The molecular formula is C26H35N3O4. The number of carbonyl (C=O) groups excluding carboxylic acids is 2. The summed E-state index contributed by atoms with van der Waals surface area (Å²) >= 11 is 0. The van der Waals surface area contributed by atoms with E-state index in [2.05, 4.69) is 36.1 Å². The zero-order valence-electron chi connectivity index (χ0n) is 20.2. The smallest absolute Gasteiger partial charge is 0.410 e. The fourth-order valence-corrected chi connectivity index (χ4v) is 3.86. The first kappa shape index (κ1) is 24.4. The quantitative estimate of drug-likeness (QED) is 0.745. The summed E-state index contributed by atoms with van der Waals surface area (Å²) in [6, 6.07) is 14.4. The molecule has 7 nitrogen and oxygen atoms in total. The van der Waals surface area contributed by atoms with Gasteiger partial charge in [0, 0.05) is 45.3 Å². The lowest BCUT2D eigenvalue weighted by molar-refractivity contribution is -0.136. The second kappa shape index (κ2) is 10.1. The van der Waals surface area contributed by atoms with Crippen molar-refractivity contribution in [3.05, 3.63) is 59.7 Å². The molecule has 1 fully saturated rings. The Balaban J connectivity index is 1.73. The first-order chi connectivity index (χ1) is 15.5. The molecule has 1 unspecified atom stereocenters. The van der Waals surface area contributed by atoms with Crippen molar-refractivity contribution in [3.8, 4) is 5.75 Å². The summed E-state index contributed by atoms with van der Waals surface area (Å²) in [7, 11) is 1.61. The summed E-state index contributed by atoms with van der Waals surface area (Å²) in [5.74, 6) is 0.0642. The van der Waals surface area contributed by atoms with Gasteiger partial charge in [-0.1, -0.05) is 29.8 Å². The van der Waals surface area contributed by atoms with Crippen LogP contribution in [0.4, 0.5) is 10.5 Å². The minimum atomic E-state index is -0.699. The standard InChI is InChI=1S/C26H35N3O4/c1-19-6-10-21(11-7-19)28-14-16-29(17-15-28)24(31)23(18-20-8-12-22(30)13-9-20)27(5)25(32)33-26(2,3)4/h6-13,23,30H,14-18H2,1-5H3. The number of piperazine rings is 1. The van der Waals surface area contributed by atoms with Gasteiger partial charge in [-0.05, 0) is 57.5 Å². The normalized spacial score (nSPS) is 15.2. The largest absolute Gasteiger partial charge is 0.508 e. The Morgan fingerprint density at radius 3 is 2.12 bits per heavy atom. The van der Waals surface area contributed by atoms with Gasteiger partial charge in [0.25, 0.3) is 0 Å². The van der Waals surface area contributed by atoms with Gasteiger partial charge >= 0.3 is 6.09 Å². The van der Waals surface area contributed by atoms with Crippen molar-refractivity contribution in [2.24, 2.45) is 0 Å². The third kappa shape index (κ3) is 6.63.